The van der Waals surface area contributed by atoms with E-state index in [2.05, 4.69) is 24.9 Å². The van der Waals surface area contributed by atoms with Crippen LogP contribution in [0, 0.1) is 5.82 Å². The smallest absolute Gasteiger partial charge is 0.243 e. The van der Waals surface area contributed by atoms with Crippen LogP contribution < -0.4 is 4.72 Å². The van der Waals surface area contributed by atoms with Crippen LogP contribution in [-0.4, -0.2) is 52.1 Å². The van der Waals surface area contributed by atoms with E-state index in [1.807, 2.05) is 0 Å². The number of sulfonamides is 1. The Morgan fingerprint density at radius 2 is 2.00 bits per heavy atom. The second kappa shape index (κ2) is 9.67. The number of methoxy groups -OCH3 is 1. The van der Waals surface area contributed by atoms with Crippen molar-refractivity contribution in [3.05, 3.63) is 59.1 Å². The first-order valence-electron chi connectivity index (χ1n) is 10.2. The van der Waals surface area contributed by atoms with Crippen molar-refractivity contribution in [1.29, 1.82) is 0 Å². The van der Waals surface area contributed by atoms with Gasteiger partial charge in [0.1, 0.15) is 23.3 Å². The van der Waals surface area contributed by atoms with Crippen molar-refractivity contribution in [2.75, 3.05) is 18.4 Å². The fraction of sp³-hybridized carbons (Fsp3) is 0.400. The molecule has 2 aromatic heterocycles. The lowest BCUT2D eigenvalue weighted by Crippen LogP contribution is -2.33. The quantitative estimate of drug-likeness (QED) is 0.504. The molecule has 1 aliphatic heterocycles. The number of hydrogen-bond donors (Lipinski definition) is 1. The standard InChI is InChI=1S/C20H22ClFN6O4S/c1-12(17(31-2)18-23-10-13(21)11-24-18)33(29,30)27-20-26-25-19(16-8-5-9-32-16)28(20)15-7-4-3-6-14(15)22/h3-4,6-7,10-12,16-17H,5,8-9H2,1-2H3,(H,26,27)/t12-,16-,17-/m0/s1. The molecule has 0 saturated carbocycles. The average Bonchev–Trinajstić information content (AvgIpc) is 3.46. The van der Waals surface area contributed by atoms with Crippen LogP contribution in [0.4, 0.5) is 10.3 Å². The Morgan fingerprint density at radius 3 is 2.64 bits per heavy atom. The van der Waals surface area contributed by atoms with E-state index in [9.17, 15) is 12.8 Å². The first-order valence-corrected chi connectivity index (χ1v) is 12.1. The summed E-state index contributed by atoms with van der Waals surface area (Å²) >= 11 is 5.83. The Hall–Kier alpha value is -2.67. The van der Waals surface area contributed by atoms with E-state index in [-0.39, 0.29) is 17.5 Å². The molecule has 176 valence electrons. The zero-order chi connectivity index (χ0) is 23.6. The summed E-state index contributed by atoms with van der Waals surface area (Å²) in [6, 6.07) is 5.96. The third kappa shape index (κ3) is 4.83. The van der Waals surface area contributed by atoms with Gasteiger partial charge in [-0.3, -0.25) is 9.29 Å². The molecular weight excluding hydrogens is 475 g/mol. The minimum absolute atomic E-state index is 0.0997. The van der Waals surface area contributed by atoms with Crippen molar-refractivity contribution >= 4 is 27.6 Å². The molecule has 1 aromatic carbocycles. The number of aromatic nitrogens is 5. The highest BCUT2D eigenvalue weighted by molar-refractivity contribution is 7.93. The largest absolute Gasteiger partial charge is 0.372 e. The van der Waals surface area contributed by atoms with E-state index >= 15 is 0 Å². The van der Waals surface area contributed by atoms with Crippen LogP contribution in [0.25, 0.3) is 5.69 Å². The van der Waals surface area contributed by atoms with E-state index in [4.69, 9.17) is 21.1 Å². The predicted octanol–water partition coefficient (Wildman–Crippen LogP) is 3.22. The maximum Gasteiger partial charge on any atom is 0.243 e. The van der Waals surface area contributed by atoms with Crippen molar-refractivity contribution in [3.8, 4) is 5.69 Å². The van der Waals surface area contributed by atoms with E-state index in [1.54, 1.807) is 6.07 Å². The lowest BCUT2D eigenvalue weighted by Gasteiger charge is -2.22. The molecule has 3 heterocycles. The van der Waals surface area contributed by atoms with Crippen molar-refractivity contribution in [2.24, 2.45) is 0 Å². The monoisotopic (exact) mass is 496 g/mol. The van der Waals surface area contributed by atoms with Gasteiger partial charge in [-0.05, 0) is 31.9 Å². The maximum atomic E-state index is 14.7. The summed E-state index contributed by atoms with van der Waals surface area (Å²) in [5, 5.41) is 7.29. The van der Waals surface area contributed by atoms with Gasteiger partial charge in [0.05, 0.1) is 10.7 Å². The van der Waals surface area contributed by atoms with Gasteiger partial charge < -0.3 is 9.47 Å². The summed E-state index contributed by atoms with van der Waals surface area (Å²) in [5.74, 6) is -0.263. The molecule has 0 spiro atoms. The minimum atomic E-state index is -4.11. The highest BCUT2D eigenvalue weighted by atomic mass is 35.5. The molecule has 1 fully saturated rings. The maximum absolute atomic E-state index is 14.7. The third-order valence-corrected chi connectivity index (χ3v) is 7.19. The first kappa shape index (κ1) is 23.5. The fourth-order valence-corrected chi connectivity index (χ4v) is 4.81. The number of nitrogens with one attached hydrogen (secondary N) is 1. The molecule has 33 heavy (non-hydrogen) atoms. The van der Waals surface area contributed by atoms with Crippen LogP contribution in [0.5, 0.6) is 0 Å². The van der Waals surface area contributed by atoms with Gasteiger partial charge in [0, 0.05) is 26.1 Å². The van der Waals surface area contributed by atoms with Crippen molar-refractivity contribution in [1.82, 2.24) is 24.7 Å². The Labute approximate surface area is 195 Å². The number of anilines is 1. The number of nitrogens with zero attached hydrogens (tertiary/aromatic N) is 5. The summed E-state index contributed by atoms with van der Waals surface area (Å²) in [6.45, 7) is 1.97. The number of hydrogen-bond acceptors (Lipinski definition) is 8. The van der Waals surface area contributed by atoms with E-state index in [1.165, 1.54) is 49.2 Å². The molecule has 1 aliphatic rings. The Morgan fingerprint density at radius 1 is 1.27 bits per heavy atom. The number of benzene rings is 1. The van der Waals surface area contributed by atoms with Gasteiger partial charge in [-0.25, -0.2) is 22.8 Å². The Bertz CT molecular complexity index is 1220. The summed E-state index contributed by atoms with van der Waals surface area (Å²) in [7, 11) is -2.76. The van der Waals surface area contributed by atoms with Gasteiger partial charge in [-0.1, -0.05) is 23.7 Å². The predicted molar refractivity (Wildman–Crippen MR) is 118 cm³/mol. The molecule has 0 amide bonds. The van der Waals surface area contributed by atoms with E-state index < -0.39 is 33.3 Å². The van der Waals surface area contributed by atoms with E-state index in [0.29, 0.717) is 23.9 Å². The van der Waals surface area contributed by atoms with Gasteiger partial charge in [-0.2, -0.15) is 0 Å². The summed E-state index contributed by atoms with van der Waals surface area (Å²) < 4.78 is 56.0. The van der Waals surface area contributed by atoms with Gasteiger partial charge in [0.25, 0.3) is 0 Å². The number of ether oxygens (including phenoxy) is 2. The van der Waals surface area contributed by atoms with Crippen LogP contribution in [0.3, 0.4) is 0 Å². The van der Waals surface area contributed by atoms with Crippen LogP contribution in [0.2, 0.25) is 5.02 Å². The van der Waals surface area contributed by atoms with Crippen molar-refractivity contribution < 1.29 is 22.3 Å². The molecule has 1 N–H and O–H groups in total. The molecule has 3 aromatic rings. The van der Waals surface area contributed by atoms with E-state index in [0.717, 1.165) is 6.42 Å². The second-order valence-corrected chi connectivity index (χ2v) is 9.91. The van der Waals surface area contributed by atoms with Crippen molar-refractivity contribution in [3.63, 3.8) is 0 Å². The molecular formula is C20H22ClFN6O4S. The summed E-state index contributed by atoms with van der Waals surface area (Å²) in [4.78, 5) is 8.13. The molecule has 13 heteroatoms. The second-order valence-electron chi connectivity index (χ2n) is 7.44. The first-order chi connectivity index (χ1) is 15.8. The SMILES string of the molecule is CO[C@H](c1ncc(Cl)cn1)[C@H](C)S(=O)(=O)Nc1nnc([C@@H]2CCCO2)n1-c1ccccc1F. The fourth-order valence-electron chi connectivity index (χ4n) is 3.58. The molecule has 4 rings (SSSR count). The lowest BCUT2D eigenvalue weighted by molar-refractivity contribution is 0.0950. The Balaban J connectivity index is 1.70. The number of halogens is 2. The van der Waals surface area contributed by atoms with Crippen LogP contribution in [0.1, 0.15) is 43.6 Å². The molecule has 0 bridgehead atoms. The third-order valence-electron chi connectivity index (χ3n) is 5.30. The zero-order valence-corrected chi connectivity index (χ0v) is 19.4. The van der Waals surface area contributed by atoms with Gasteiger partial charge >= 0.3 is 0 Å². The molecule has 3 atom stereocenters. The summed E-state index contributed by atoms with van der Waals surface area (Å²) in [6.07, 6.45) is 2.75. The van der Waals surface area contributed by atoms with Crippen molar-refractivity contribution in [2.45, 2.75) is 37.2 Å². The topological polar surface area (TPSA) is 121 Å². The molecule has 1 saturated heterocycles. The molecule has 0 aliphatic carbocycles. The number of rotatable bonds is 8. The molecule has 10 nitrogen and oxygen atoms in total. The average molecular weight is 497 g/mol. The number of para-hydroxylation sites is 1. The summed E-state index contributed by atoms with van der Waals surface area (Å²) in [5.41, 5.74) is 0.0997. The molecule has 0 unspecified atom stereocenters. The van der Waals surface area contributed by atoms with Crippen LogP contribution in [-0.2, 0) is 19.5 Å². The highest BCUT2D eigenvalue weighted by Gasteiger charge is 2.35. The van der Waals surface area contributed by atoms with Crippen LogP contribution >= 0.6 is 11.6 Å². The molecule has 0 radical (unpaired) electrons. The van der Waals surface area contributed by atoms with Crippen LogP contribution in [0.15, 0.2) is 36.7 Å². The zero-order valence-electron chi connectivity index (χ0n) is 17.9. The Kier molecular flexibility index (Phi) is 6.88. The highest BCUT2D eigenvalue weighted by Crippen LogP contribution is 2.32. The lowest BCUT2D eigenvalue weighted by atomic mass is 10.2. The minimum Gasteiger partial charge on any atom is -0.372 e. The van der Waals surface area contributed by atoms with Gasteiger partial charge in [0.2, 0.25) is 16.0 Å². The van der Waals surface area contributed by atoms with Gasteiger partial charge in [-0.15, -0.1) is 10.2 Å². The normalized spacial score (nSPS) is 18.2. The van der Waals surface area contributed by atoms with Gasteiger partial charge in [0.15, 0.2) is 11.6 Å².